The van der Waals surface area contributed by atoms with Crippen molar-refractivity contribution < 1.29 is 63.2 Å². The average molecular weight is 769 g/mol. The van der Waals surface area contributed by atoms with Crippen LogP contribution in [0, 0.1) is 5.92 Å². The van der Waals surface area contributed by atoms with Gasteiger partial charge in [0.2, 0.25) is 17.7 Å². The van der Waals surface area contributed by atoms with Gasteiger partial charge in [-0.3, -0.25) is 43.8 Å². The Morgan fingerprint density at radius 1 is 0.691 bits per heavy atom. The number of carboxylic acids is 3. The van der Waals surface area contributed by atoms with Gasteiger partial charge in [0.25, 0.3) is 11.8 Å². The Morgan fingerprint density at radius 3 is 1.80 bits per heavy atom. The molecule has 0 heterocycles. The number of carboxylic acid groups (broad SMARTS) is 3. The van der Waals surface area contributed by atoms with Crippen LogP contribution in [0.15, 0.2) is 72.8 Å². The van der Waals surface area contributed by atoms with Crippen LogP contribution in [0.4, 0.5) is 4.79 Å². The summed E-state index contributed by atoms with van der Waals surface area (Å²) in [7, 11) is 1.48. The highest BCUT2D eigenvalue weighted by molar-refractivity contribution is 5.99. The third-order valence-corrected chi connectivity index (χ3v) is 7.54. The number of amides is 6. The number of alkyl carbamates (subject to hydrolysis) is 1. The molecule has 0 radical (unpaired) electrons. The number of hydrazine groups is 1. The number of likely N-dealkylation sites (N-methyl/N-ethyl adjacent to an activating group) is 1. The predicted molar refractivity (Wildman–Crippen MR) is 191 cm³/mol. The van der Waals surface area contributed by atoms with Crippen LogP contribution in [0.25, 0.3) is 0 Å². The fraction of sp³-hybridized carbons (Fsp3) is 0.361. The minimum atomic E-state index is -1.78. The molecule has 0 aliphatic carbocycles. The van der Waals surface area contributed by atoms with E-state index in [1.807, 2.05) is 0 Å². The Labute approximate surface area is 315 Å². The van der Waals surface area contributed by atoms with Gasteiger partial charge in [0, 0.05) is 32.2 Å². The van der Waals surface area contributed by atoms with E-state index in [0.29, 0.717) is 10.6 Å². The topological polar surface area (TPSA) is 278 Å². The number of ether oxygens (including phenoxy) is 1. The minimum Gasteiger partial charge on any atom is -0.481 e. The minimum absolute atomic E-state index is 0.204. The molecule has 0 bridgehead atoms. The second kappa shape index (κ2) is 22.3. The third-order valence-electron chi connectivity index (χ3n) is 7.54. The van der Waals surface area contributed by atoms with Gasteiger partial charge in [0.15, 0.2) is 0 Å². The molecule has 2 rings (SSSR count). The van der Waals surface area contributed by atoms with Crippen molar-refractivity contribution in [3.05, 3.63) is 83.9 Å². The second-order valence-electron chi connectivity index (χ2n) is 12.4. The van der Waals surface area contributed by atoms with E-state index in [1.54, 1.807) is 60.7 Å². The first-order chi connectivity index (χ1) is 26.0. The van der Waals surface area contributed by atoms with Gasteiger partial charge in [-0.05, 0) is 23.5 Å². The van der Waals surface area contributed by atoms with Gasteiger partial charge in [-0.25, -0.2) is 9.80 Å². The van der Waals surface area contributed by atoms with Gasteiger partial charge in [-0.2, -0.15) is 0 Å². The molecule has 296 valence electrons. The lowest BCUT2D eigenvalue weighted by atomic mass is 10.0. The van der Waals surface area contributed by atoms with Gasteiger partial charge < -0.3 is 40.9 Å². The van der Waals surface area contributed by atoms with Crippen LogP contribution < -0.4 is 21.4 Å². The van der Waals surface area contributed by atoms with E-state index in [0.717, 1.165) is 17.7 Å². The Hall–Kier alpha value is -6.79. The van der Waals surface area contributed by atoms with Crippen molar-refractivity contribution in [3.63, 3.8) is 0 Å². The molecule has 6 amide bonds. The lowest BCUT2D eigenvalue weighted by molar-refractivity contribution is -0.148. The van der Waals surface area contributed by atoms with E-state index in [4.69, 9.17) is 4.74 Å². The normalized spacial score (nSPS) is 12.4. The third kappa shape index (κ3) is 16.6. The summed E-state index contributed by atoms with van der Waals surface area (Å²) in [5, 5.41) is 35.1. The zero-order chi connectivity index (χ0) is 41.1. The van der Waals surface area contributed by atoms with Crippen molar-refractivity contribution in [1.82, 2.24) is 31.3 Å². The van der Waals surface area contributed by atoms with Crippen LogP contribution in [0.2, 0.25) is 0 Å². The summed E-state index contributed by atoms with van der Waals surface area (Å²) in [4.78, 5) is 114. The molecule has 0 aliphatic rings. The Bertz CT molecular complexity index is 1720. The number of nitrogens with one attached hydrogen (secondary N) is 4. The van der Waals surface area contributed by atoms with Crippen LogP contribution >= 0.6 is 0 Å². The fourth-order valence-corrected chi connectivity index (χ4v) is 4.69. The SMILES string of the molecule is CC(C)[C@H](NC(=O)[C@H](CCC(=O)O)NC(=O)[C@H](CC(=O)O)NC(=O)OCc1ccccc1)C(=O)NN(CC(=O)O)C(=O)/C=C/C(=O)N(C)Cc1ccccc1. The number of nitrogens with zero attached hydrogens (tertiary/aromatic N) is 2. The first-order valence-electron chi connectivity index (χ1n) is 16.8. The maximum absolute atomic E-state index is 13.5. The van der Waals surface area contributed by atoms with Crippen molar-refractivity contribution in [1.29, 1.82) is 0 Å². The lowest BCUT2D eigenvalue weighted by Gasteiger charge is -2.28. The van der Waals surface area contributed by atoms with E-state index in [9.17, 15) is 58.5 Å². The molecular formula is C36H44N6O13. The van der Waals surface area contributed by atoms with Crippen molar-refractivity contribution in [2.75, 3.05) is 13.6 Å². The first kappa shape index (κ1) is 44.4. The highest BCUT2D eigenvalue weighted by atomic mass is 16.5. The summed E-state index contributed by atoms with van der Waals surface area (Å²) in [6, 6.07) is 12.4. The van der Waals surface area contributed by atoms with E-state index < -0.39 is 103 Å². The second-order valence-corrected chi connectivity index (χ2v) is 12.4. The molecule has 2 aromatic carbocycles. The number of aliphatic carboxylic acids is 3. The molecule has 2 aromatic rings. The number of carbonyl (C=O) groups is 9. The largest absolute Gasteiger partial charge is 0.481 e. The maximum atomic E-state index is 13.5. The standard InChI is InChI=1S/C36H44N6O13/c1-22(2)32(35(53)40-42(20-31(49)50)28(44)16-15-27(43)41(3)19-23-10-6-4-7-11-23)39-33(51)25(14-17-29(45)46)37-34(52)26(18-30(47)48)38-36(54)55-21-24-12-8-5-9-13-24/h4-13,15-16,22,25-26,32H,14,17-21H2,1-3H3,(H,37,52)(H,38,54)(H,39,51)(H,40,53)(H,45,46)(H,47,48)(H,49,50)/b16-15+/t25-,26-,32-/m0/s1. The fourth-order valence-electron chi connectivity index (χ4n) is 4.69. The molecule has 0 saturated carbocycles. The maximum Gasteiger partial charge on any atom is 0.408 e. The van der Waals surface area contributed by atoms with Crippen molar-refractivity contribution >= 4 is 53.5 Å². The van der Waals surface area contributed by atoms with E-state index >= 15 is 0 Å². The lowest BCUT2D eigenvalue weighted by Crippen LogP contribution is -2.60. The molecule has 55 heavy (non-hydrogen) atoms. The smallest absolute Gasteiger partial charge is 0.408 e. The number of benzene rings is 2. The van der Waals surface area contributed by atoms with E-state index in [2.05, 4.69) is 21.4 Å². The first-order valence-corrected chi connectivity index (χ1v) is 16.8. The molecule has 7 N–H and O–H groups in total. The molecule has 19 heteroatoms. The summed E-state index contributed by atoms with van der Waals surface area (Å²) in [5.41, 5.74) is 3.51. The number of hydrogen-bond donors (Lipinski definition) is 7. The summed E-state index contributed by atoms with van der Waals surface area (Å²) in [6.45, 7) is 1.90. The highest BCUT2D eigenvalue weighted by Gasteiger charge is 2.33. The molecule has 3 atom stereocenters. The van der Waals surface area contributed by atoms with Crippen molar-refractivity contribution in [3.8, 4) is 0 Å². The Kier molecular flexibility index (Phi) is 18.0. The van der Waals surface area contributed by atoms with Crippen LogP contribution in [0.5, 0.6) is 0 Å². The molecule has 0 aliphatic heterocycles. The number of rotatable bonds is 20. The molecule has 0 fully saturated rings. The van der Waals surface area contributed by atoms with Crippen molar-refractivity contribution in [2.45, 2.75) is 64.4 Å². The quantitative estimate of drug-likeness (QED) is 0.0711. The molecule has 0 unspecified atom stereocenters. The Balaban J connectivity index is 2.18. The monoisotopic (exact) mass is 768 g/mol. The molecule has 0 spiro atoms. The van der Waals surface area contributed by atoms with Crippen LogP contribution in [-0.2, 0) is 56.2 Å². The molecular weight excluding hydrogens is 724 g/mol. The highest BCUT2D eigenvalue weighted by Crippen LogP contribution is 2.08. The van der Waals surface area contributed by atoms with Gasteiger partial charge in [0.1, 0.15) is 31.3 Å². The summed E-state index contributed by atoms with van der Waals surface area (Å²) in [6.07, 6.45) is -1.68. The summed E-state index contributed by atoms with van der Waals surface area (Å²) >= 11 is 0. The van der Waals surface area contributed by atoms with Gasteiger partial charge in [-0.1, -0.05) is 74.5 Å². The average Bonchev–Trinajstić information content (AvgIpc) is 3.12. The number of hydrogen-bond acceptors (Lipinski definition) is 10. The van der Waals surface area contributed by atoms with Gasteiger partial charge in [-0.15, -0.1) is 0 Å². The predicted octanol–water partition coefficient (Wildman–Crippen LogP) is 0.406. The van der Waals surface area contributed by atoms with Crippen molar-refractivity contribution in [2.24, 2.45) is 5.92 Å². The molecule has 0 aromatic heterocycles. The van der Waals surface area contributed by atoms with Crippen LogP contribution in [0.1, 0.15) is 44.2 Å². The Morgan fingerprint density at radius 2 is 1.25 bits per heavy atom. The molecule has 0 saturated heterocycles. The zero-order valence-corrected chi connectivity index (χ0v) is 30.3. The van der Waals surface area contributed by atoms with E-state index in [-0.39, 0.29) is 13.2 Å². The summed E-state index contributed by atoms with van der Waals surface area (Å²) < 4.78 is 5.05. The molecule has 19 nitrogen and oxygen atoms in total. The zero-order valence-electron chi connectivity index (χ0n) is 30.3. The van der Waals surface area contributed by atoms with Gasteiger partial charge in [0.05, 0.1) is 6.42 Å². The van der Waals surface area contributed by atoms with Gasteiger partial charge >= 0.3 is 24.0 Å². The van der Waals surface area contributed by atoms with Crippen LogP contribution in [-0.4, -0.2) is 110 Å². The van der Waals surface area contributed by atoms with E-state index in [1.165, 1.54) is 25.8 Å². The summed E-state index contributed by atoms with van der Waals surface area (Å²) in [5.74, 6) is -10.2. The van der Waals surface area contributed by atoms with Crippen LogP contribution in [0.3, 0.4) is 0 Å². The number of carbonyl (C=O) groups excluding carboxylic acids is 6.